The Labute approximate surface area is 118 Å². The van der Waals surface area contributed by atoms with Gasteiger partial charge in [-0.05, 0) is 24.8 Å². The van der Waals surface area contributed by atoms with Gasteiger partial charge in [0.05, 0.1) is 13.2 Å². The van der Waals surface area contributed by atoms with Gasteiger partial charge in [-0.15, -0.1) is 0 Å². The monoisotopic (exact) mass is 276 g/mol. The third-order valence-electron chi connectivity index (χ3n) is 3.58. The zero-order valence-corrected chi connectivity index (χ0v) is 11.6. The number of rotatable bonds is 6. The predicted octanol–water partition coefficient (Wildman–Crippen LogP) is 0.939. The van der Waals surface area contributed by atoms with Crippen LogP contribution in [0.1, 0.15) is 18.4 Å². The van der Waals surface area contributed by atoms with Crippen LogP contribution in [-0.4, -0.2) is 42.8 Å². The highest BCUT2D eigenvalue weighted by Gasteiger charge is 2.32. The average molecular weight is 276 g/mol. The zero-order chi connectivity index (χ0) is 14.4. The van der Waals surface area contributed by atoms with Gasteiger partial charge in [0, 0.05) is 6.54 Å². The fourth-order valence-corrected chi connectivity index (χ4v) is 2.58. The number of nitrogens with zero attached hydrogens (tertiary/aromatic N) is 1. The molecule has 5 nitrogen and oxygen atoms in total. The van der Waals surface area contributed by atoms with E-state index in [9.17, 15) is 9.59 Å². The Bertz CT molecular complexity index is 450. The molecule has 0 aromatic heterocycles. The second-order valence-corrected chi connectivity index (χ2v) is 4.94. The molecule has 1 aliphatic heterocycles. The van der Waals surface area contributed by atoms with Crippen molar-refractivity contribution in [3.63, 3.8) is 0 Å². The first-order valence-corrected chi connectivity index (χ1v) is 6.84. The highest BCUT2D eigenvalue weighted by molar-refractivity contribution is 5.85. The minimum absolute atomic E-state index is 0.0784. The molecule has 1 saturated heterocycles. The van der Waals surface area contributed by atoms with Crippen LogP contribution >= 0.6 is 0 Å². The number of amides is 1. The average Bonchev–Trinajstić information content (AvgIpc) is 2.95. The number of aldehydes is 1. The number of hydroxylamine groups is 1. The molecular weight excluding hydrogens is 256 g/mol. The first kappa shape index (κ1) is 14.7. The molecule has 20 heavy (non-hydrogen) atoms. The van der Waals surface area contributed by atoms with E-state index in [1.165, 1.54) is 7.11 Å². The molecule has 1 N–H and O–H groups in total. The molecule has 1 aliphatic rings. The molecule has 1 fully saturated rings. The molecule has 0 bridgehead atoms. The van der Waals surface area contributed by atoms with E-state index in [1.807, 2.05) is 30.3 Å². The van der Waals surface area contributed by atoms with Crippen molar-refractivity contribution < 1.29 is 14.4 Å². The Morgan fingerprint density at radius 1 is 1.50 bits per heavy atom. The van der Waals surface area contributed by atoms with Gasteiger partial charge in [-0.3, -0.25) is 4.79 Å². The van der Waals surface area contributed by atoms with Crippen LogP contribution in [0.2, 0.25) is 0 Å². The van der Waals surface area contributed by atoms with Crippen LogP contribution in [0.3, 0.4) is 0 Å². The van der Waals surface area contributed by atoms with E-state index in [2.05, 4.69) is 5.48 Å². The van der Waals surface area contributed by atoms with E-state index >= 15 is 0 Å². The molecule has 0 radical (unpaired) electrons. The van der Waals surface area contributed by atoms with Crippen molar-refractivity contribution in [2.45, 2.75) is 31.3 Å². The number of benzene rings is 1. The summed E-state index contributed by atoms with van der Waals surface area (Å²) in [5.41, 5.74) is 3.80. The predicted molar refractivity (Wildman–Crippen MR) is 74.9 cm³/mol. The molecule has 0 spiro atoms. The fourth-order valence-electron chi connectivity index (χ4n) is 2.58. The number of nitrogens with one attached hydrogen (secondary N) is 1. The van der Waals surface area contributed by atoms with Crippen molar-refractivity contribution in [1.82, 2.24) is 10.4 Å². The molecule has 2 rings (SSSR count). The molecule has 1 aromatic rings. The van der Waals surface area contributed by atoms with Gasteiger partial charge in [0.2, 0.25) is 5.91 Å². The van der Waals surface area contributed by atoms with Crippen molar-refractivity contribution in [2.75, 3.05) is 13.7 Å². The first-order valence-electron chi connectivity index (χ1n) is 6.84. The second-order valence-electron chi connectivity index (χ2n) is 4.94. The van der Waals surface area contributed by atoms with Gasteiger partial charge >= 0.3 is 0 Å². The fraction of sp³-hybridized carbons (Fsp3) is 0.467. The molecule has 0 saturated carbocycles. The van der Waals surface area contributed by atoms with Crippen molar-refractivity contribution in [3.8, 4) is 0 Å². The maximum absolute atomic E-state index is 12.5. The quantitative estimate of drug-likeness (QED) is 0.620. The molecule has 0 aliphatic carbocycles. The minimum Gasteiger partial charge on any atom is -0.332 e. The minimum atomic E-state index is -0.469. The second kappa shape index (κ2) is 7.17. The maximum Gasteiger partial charge on any atom is 0.242 e. The summed E-state index contributed by atoms with van der Waals surface area (Å²) in [6.07, 6.45) is 3.02. The van der Waals surface area contributed by atoms with E-state index in [-0.39, 0.29) is 11.9 Å². The number of carbonyl (C=O) groups is 2. The van der Waals surface area contributed by atoms with E-state index in [0.29, 0.717) is 13.0 Å². The maximum atomic E-state index is 12.5. The summed E-state index contributed by atoms with van der Waals surface area (Å²) in [4.78, 5) is 30.1. The Kier molecular flexibility index (Phi) is 5.26. The van der Waals surface area contributed by atoms with Crippen LogP contribution in [0.15, 0.2) is 30.3 Å². The molecule has 1 aromatic carbocycles. The Balaban J connectivity index is 2.07. The summed E-state index contributed by atoms with van der Waals surface area (Å²) in [7, 11) is 1.49. The van der Waals surface area contributed by atoms with Crippen molar-refractivity contribution in [3.05, 3.63) is 35.9 Å². The number of likely N-dealkylation sites (tertiary alicyclic amines) is 1. The van der Waals surface area contributed by atoms with E-state index < -0.39 is 6.04 Å². The van der Waals surface area contributed by atoms with Gasteiger partial charge < -0.3 is 14.5 Å². The first-order chi connectivity index (χ1) is 9.76. The summed E-state index contributed by atoms with van der Waals surface area (Å²) in [6, 6.07) is 8.99. The van der Waals surface area contributed by atoms with Crippen molar-refractivity contribution in [2.24, 2.45) is 0 Å². The van der Waals surface area contributed by atoms with Crippen molar-refractivity contribution in [1.29, 1.82) is 0 Å². The van der Waals surface area contributed by atoms with Gasteiger partial charge in [0.25, 0.3) is 0 Å². The third-order valence-corrected chi connectivity index (χ3v) is 3.58. The number of carbonyl (C=O) groups excluding carboxylic acids is 2. The third kappa shape index (κ3) is 3.43. The Morgan fingerprint density at radius 3 is 2.90 bits per heavy atom. The lowest BCUT2D eigenvalue weighted by Crippen LogP contribution is -2.49. The molecular formula is C15H20N2O3. The normalized spacial score (nSPS) is 19.9. The van der Waals surface area contributed by atoms with Crippen molar-refractivity contribution >= 4 is 12.2 Å². The van der Waals surface area contributed by atoms with Crippen LogP contribution in [0.25, 0.3) is 0 Å². The van der Waals surface area contributed by atoms with E-state index in [1.54, 1.807) is 4.90 Å². The molecule has 1 heterocycles. The number of hydrogen-bond donors (Lipinski definition) is 1. The lowest BCUT2D eigenvalue weighted by molar-refractivity contribution is -0.139. The summed E-state index contributed by atoms with van der Waals surface area (Å²) >= 11 is 0. The lowest BCUT2D eigenvalue weighted by Gasteiger charge is -2.26. The largest absolute Gasteiger partial charge is 0.332 e. The Morgan fingerprint density at radius 2 is 2.25 bits per heavy atom. The van der Waals surface area contributed by atoms with Gasteiger partial charge in [0.15, 0.2) is 0 Å². The highest BCUT2D eigenvalue weighted by atomic mass is 16.6. The zero-order valence-electron chi connectivity index (χ0n) is 11.6. The van der Waals surface area contributed by atoms with Crippen LogP contribution in [0.5, 0.6) is 0 Å². The molecule has 1 amide bonds. The van der Waals surface area contributed by atoms with Gasteiger partial charge in [0.1, 0.15) is 12.3 Å². The molecule has 0 unspecified atom stereocenters. The molecule has 2 atom stereocenters. The standard InChI is InChI=1S/C15H20N2O3/c1-20-16-14(10-12-6-3-2-4-7-12)15(19)17-9-5-8-13(17)11-18/h2-4,6-7,11,13-14,16H,5,8-10H2,1H3/t13-,14-/m0/s1. The van der Waals surface area contributed by atoms with Gasteiger partial charge in [-0.2, -0.15) is 5.48 Å². The highest BCUT2D eigenvalue weighted by Crippen LogP contribution is 2.17. The van der Waals surface area contributed by atoms with Crippen LogP contribution < -0.4 is 5.48 Å². The molecule has 5 heteroatoms. The number of hydrogen-bond acceptors (Lipinski definition) is 4. The summed E-state index contributed by atoms with van der Waals surface area (Å²) in [5.74, 6) is -0.0784. The summed E-state index contributed by atoms with van der Waals surface area (Å²) < 4.78 is 0. The van der Waals surface area contributed by atoms with Gasteiger partial charge in [-0.1, -0.05) is 30.3 Å². The van der Waals surface area contributed by atoms with Gasteiger partial charge in [-0.25, -0.2) is 0 Å². The van der Waals surface area contributed by atoms with Crippen LogP contribution in [0, 0.1) is 0 Å². The summed E-state index contributed by atoms with van der Waals surface area (Å²) in [5, 5.41) is 0. The summed E-state index contributed by atoms with van der Waals surface area (Å²) in [6.45, 7) is 0.638. The van der Waals surface area contributed by atoms with Crippen LogP contribution in [0.4, 0.5) is 0 Å². The smallest absolute Gasteiger partial charge is 0.242 e. The molecule has 108 valence electrons. The van der Waals surface area contributed by atoms with E-state index in [4.69, 9.17) is 4.84 Å². The van der Waals surface area contributed by atoms with Crippen LogP contribution in [-0.2, 0) is 20.8 Å². The lowest BCUT2D eigenvalue weighted by atomic mass is 10.1. The SMILES string of the molecule is CON[C@@H](Cc1ccccc1)C(=O)N1CCC[C@H]1C=O. The topological polar surface area (TPSA) is 58.6 Å². The Hall–Kier alpha value is -1.72. The van der Waals surface area contributed by atoms with E-state index in [0.717, 1.165) is 24.7 Å².